The summed E-state index contributed by atoms with van der Waals surface area (Å²) in [6, 6.07) is 5.31. The molecule has 0 saturated carbocycles. The maximum Gasteiger partial charge on any atom is 0.312 e. The lowest BCUT2D eigenvalue weighted by atomic mass is 10.3. The lowest BCUT2D eigenvalue weighted by molar-refractivity contribution is -0.142. The summed E-state index contributed by atoms with van der Waals surface area (Å²) < 4.78 is 22.7. The minimum Gasteiger partial charge on any atom is -0.484 e. The highest BCUT2D eigenvalue weighted by molar-refractivity contribution is 7.15. The first-order valence-corrected chi connectivity index (χ1v) is 7.54. The monoisotopic (exact) mass is 339 g/mol. The van der Waals surface area contributed by atoms with Crippen molar-refractivity contribution in [1.29, 1.82) is 0 Å². The number of esters is 1. The Hall–Kier alpha value is -2.55. The lowest BCUT2D eigenvalue weighted by Gasteiger charge is -2.05. The van der Waals surface area contributed by atoms with Crippen molar-refractivity contribution in [3.05, 3.63) is 35.1 Å². The van der Waals surface area contributed by atoms with Crippen molar-refractivity contribution >= 4 is 28.3 Å². The first kappa shape index (κ1) is 16.8. The van der Waals surface area contributed by atoms with Crippen molar-refractivity contribution in [3.8, 4) is 5.75 Å². The third kappa shape index (κ3) is 5.62. The molecule has 9 heteroatoms. The van der Waals surface area contributed by atoms with Gasteiger partial charge in [0.25, 0.3) is 5.91 Å². The molecular formula is C14H14FN3O4S. The van der Waals surface area contributed by atoms with Crippen LogP contribution in [0.15, 0.2) is 24.3 Å². The maximum atomic E-state index is 12.7. The molecule has 0 unspecified atom stereocenters. The van der Waals surface area contributed by atoms with Crippen LogP contribution in [-0.4, -0.2) is 35.3 Å². The summed E-state index contributed by atoms with van der Waals surface area (Å²) in [5.41, 5.74) is 0. The number of carbonyl (C=O) groups excluding carboxylic acids is 2. The van der Waals surface area contributed by atoms with Crippen LogP contribution >= 0.6 is 11.3 Å². The second-order valence-electron chi connectivity index (χ2n) is 4.27. The topological polar surface area (TPSA) is 90.4 Å². The van der Waals surface area contributed by atoms with Gasteiger partial charge in [0.15, 0.2) is 6.61 Å². The van der Waals surface area contributed by atoms with Crippen molar-refractivity contribution in [2.24, 2.45) is 0 Å². The summed E-state index contributed by atoms with van der Waals surface area (Å²) in [5, 5.41) is 10.8. The van der Waals surface area contributed by atoms with Crippen LogP contribution < -0.4 is 10.1 Å². The third-order valence-electron chi connectivity index (χ3n) is 2.50. The quantitative estimate of drug-likeness (QED) is 0.774. The van der Waals surface area contributed by atoms with E-state index in [1.807, 2.05) is 0 Å². The molecule has 1 N–H and O–H groups in total. The molecule has 0 radical (unpaired) electrons. The van der Waals surface area contributed by atoms with E-state index in [0.717, 1.165) is 11.3 Å². The van der Waals surface area contributed by atoms with E-state index in [4.69, 9.17) is 9.47 Å². The van der Waals surface area contributed by atoms with E-state index < -0.39 is 11.9 Å². The van der Waals surface area contributed by atoms with Gasteiger partial charge in [0.2, 0.25) is 5.13 Å². The Morgan fingerprint density at radius 2 is 2.00 bits per heavy atom. The number of anilines is 1. The number of aromatic nitrogens is 2. The first-order chi connectivity index (χ1) is 11.1. The Labute approximate surface area is 135 Å². The van der Waals surface area contributed by atoms with Gasteiger partial charge >= 0.3 is 5.97 Å². The molecule has 0 saturated heterocycles. The van der Waals surface area contributed by atoms with E-state index in [1.54, 1.807) is 6.92 Å². The second kappa shape index (κ2) is 8.18. The van der Waals surface area contributed by atoms with Crippen molar-refractivity contribution in [2.45, 2.75) is 13.3 Å². The minimum atomic E-state index is -0.437. The van der Waals surface area contributed by atoms with Gasteiger partial charge in [-0.05, 0) is 31.2 Å². The number of nitrogens with one attached hydrogen (secondary N) is 1. The fraction of sp³-hybridized carbons (Fsp3) is 0.286. The number of hydrogen-bond donors (Lipinski definition) is 1. The average Bonchev–Trinajstić information content (AvgIpc) is 2.94. The van der Waals surface area contributed by atoms with Gasteiger partial charge in [-0.1, -0.05) is 11.3 Å². The SMILES string of the molecule is CCOC(=O)Cc1nnc(NC(=O)COc2ccc(F)cc2)s1. The van der Waals surface area contributed by atoms with E-state index in [-0.39, 0.29) is 24.0 Å². The van der Waals surface area contributed by atoms with E-state index in [2.05, 4.69) is 15.5 Å². The number of amides is 1. The highest BCUT2D eigenvalue weighted by atomic mass is 32.1. The van der Waals surface area contributed by atoms with Gasteiger partial charge in [0.1, 0.15) is 16.6 Å². The minimum absolute atomic E-state index is 0.00740. The molecule has 0 atom stereocenters. The average molecular weight is 339 g/mol. The number of rotatable bonds is 7. The summed E-state index contributed by atoms with van der Waals surface area (Å²) in [6.07, 6.45) is 0.00740. The van der Waals surface area contributed by atoms with Crippen molar-refractivity contribution in [1.82, 2.24) is 10.2 Å². The molecule has 1 amide bonds. The van der Waals surface area contributed by atoms with E-state index in [9.17, 15) is 14.0 Å². The Morgan fingerprint density at radius 3 is 2.70 bits per heavy atom. The molecule has 0 spiro atoms. The largest absolute Gasteiger partial charge is 0.484 e. The summed E-state index contributed by atoms with van der Waals surface area (Å²) in [6.45, 7) is 1.76. The number of benzene rings is 1. The van der Waals surface area contributed by atoms with Crippen LogP contribution in [0.2, 0.25) is 0 Å². The van der Waals surface area contributed by atoms with E-state index in [1.165, 1.54) is 24.3 Å². The van der Waals surface area contributed by atoms with Gasteiger partial charge in [0.05, 0.1) is 13.0 Å². The molecule has 1 aromatic heterocycles. The second-order valence-corrected chi connectivity index (χ2v) is 5.34. The Kier molecular flexibility index (Phi) is 5.98. The molecule has 0 aliphatic rings. The molecule has 2 rings (SSSR count). The zero-order valence-corrected chi connectivity index (χ0v) is 13.1. The van der Waals surface area contributed by atoms with Gasteiger partial charge in [-0.25, -0.2) is 4.39 Å². The molecule has 1 heterocycles. The summed E-state index contributed by atoms with van der Waals surface area (Å²) in [7, 11) is 0. The number of halogens is 1. The summed E-state index contributed by atoms with van der Waals surface area (Å²) >= 11 is 1.08. The maximum absolute atomic E-state index is 12.7. The van der Waals surface area contributed by atoms with E-state index >= 15 is 0 Å². The first-order valence-electron chi connectivity index (χ1n) is 6.73. The molecule has 0 aliphatic carbocycles. The third-order valence-corrected chi connectivity index (χ3v) is 3.34. The fourth-order valence-electron chi connectivity index (χ4n) is 1.55. The van der Waals surface area contributed by atoms with Crippen molar-refractivity contribution in [3.63, 3.8) is 0 Å². The molecule has 0 fully saturated rings. The Morgan fingerprint density at radius 1 is 1.26 bits per heavy atom. The van der Waals surface area contributed by atoms with Crippen molar-refractivity contribution < 1.29 is 23.5 Å². The van der Waals surface area contributed by atoms with Crippen LogP contribution in [0.5, 0.6) is 5.75 Å². The lowest BCUT2D eigenvalue weighted by Crippen LogP contribution is -2.20. The smallest absolute Gasteiger partial charge is 0.312 e. The molecule has 23 heavy (non-hydrogen) atoms. The zero-order chi connectivity index (χ0) is 16.7. The predicted octanol–water partition coefficient (Wildman–Crippen LogP) is 1.80. The van der Waals surface area contributed by atoms with Crippen LogP contribution in [-0.2, 0) is 20.7 Å². The molecule has 1 aromatic carbocycles. The van der Waals surface area contributed by atoms with Crippen LogP contribution in [0, 0.1) is 5.82 Å². The molecule has 2 aromatic rings. The number of carbonyl (C=O) groups is 2. The number of nitrogens with zero attached hydrogens (tertiary/aromatic N) is 2. The molecule has 122 valence electrons. The van der Waals surface area contributed by atoms with Crippen LogP contribution in [0.1, 0.15) is 11.9 Å². The van der Waals surface area contributed by atoms with Crippen LogP contribution in [0.25, 0.3) is 0 Å². The molecule has 0 bridgehead atoms. The predicted molar refractivity (Wildman–Crippen MR) is 80.8 cm³/mol. The molecule has 0 aliphatic heterocycles. The summed E-state index contributed by atoms with van der Waals surface area (Å²) in [4.78, 5) is 23.0. The number of ether oxygens (including phenoxy) is 2. The van der Waals surface area contributed by atoms with Gasteiger partial charge in [-0.15, -0.1) is 10.2 Å². The standard InChI is InChI=1S/C14H14FN3O4S/c1-2-21-13(20)7-12-17-18-14(23-12)16-11(19)8-22-10-5-3-9(15)4-6-10/h3-6H,2,7-8H2,1H3,(H,16,18,19). The van der Waals surface area contributed by atoms with Crippen molar-refractivity contribution in [2.75, 3.05) is 18.5 Å². The zero-order valence-electron chi connectivity index (χ0n) is 12.2. The highest BCUT2D eigenvalue weighted by Gasteiger charge is 2.12. The van der Waals surface area contributed by atoms with E-state index in [0.29, 0.717) is 17.4 Å². The van der Waals surface area contributed by atoms with Gasteiger partial charge in [-0.3, -0.25) is 14.9 Å². The Balaban J connectivity index is 1.80. The van der Waals surface area contributed by atoms with Crippen LogP contribution in [0.3, 0.4) is 0 Å². The van der Waals surface area contributed by atoms with Gasteiger partial charge in [0, 0.05) is 0 Å². The van der Waals surface area contributed by atoms with Crippen LogP contribution in [0.4, 0.5) is 9.52 Å². The van der Waals surface area contributed by atoms with Gasteiger partial charge in [-0.2, -0.15) is 0 Å². The highest BCUT2D eigenvalue weighted by Crippen LogP contribution is 2.16. The summed E-state index contributed by atoms with van der Waals surface area (Å²) in [5.74, 6) is -0.846. The molecular weight excluding hydrogens is 325 g/mol. The number of hydrogen-bond acceptors (Lipinski definition) is 7. The van der Waals surface area contributed by atoms with Gasteiger partial charge < -0.3 is 9.47 Å². The molecule has 7 nitrogen and oxygen atoms in total. The fourth-order valence-corrected chi connectivity index (χ4v) is 2.29. The normalized spacial score (nSPS) is 10.2. The Bertz CT molecular complexity index is 675.